The molecule has 3 rings (SSSR count). The number of halogens is 2. The molecule has 0 spiro atoms. The molecule has 0 aliphatic heterocycles. The second-order valence-electron chi connectivity index (χ2n) is 6.12. The molecule has 3 aromatic rings. The third-order valence-corrected chi connectivity index (χ3v) is 4.13. The number of aromatic nitrogens is 3. The van der Waals surface area contributed by atoms with E-state index in [1.165, 1.54) is 6.07 Å². The van der Waals surface area contributed by atoms with Crippen LogP contribution in [0.2, 0.25) is 0 Å². The van der Waals surface area contributed by atoms with Crippen molar-refractivity contribution in [1.82, 2.24) is 15.0 Å². The van der Waals surface area contributed by atoms with Crippen LogP contribution in [0.15, 0.2) is 42.5 Å². The monoisotopic (exact) mass is 400 g/mol. The van der Waals surface area contributed by atoms with Crippen LogP contribution in [0.5, 0.6) is 0 Å². The molecule has 2 aromatic carbocycles. The minimum Gasteiger partial charge on any atom is -0.382 e. The van der Waals surface area contributed by atoms with Gasteiger partial charge in [0, 0.05) is 17.4 Å². The molecule has 0 fully saturated rings. The first-order chi connectivity index (χ1) is 13.9. The zero-order chi connectivity index (χ0) is 21.0. The zero-order valence-electron chi connectivity index (χ0n) is 15.4. The molecule has 2 amide bonds. The Morgan fingerprint density at radius 2 is 1.86 bits per heavy atom. The van der Waals surface area contributed by atoms with Crippen molar-refractivity contribution in [2.75, 3.05) is 16.4 Å². The Hall–Kier alpha value is -3.82. The number of nitrogen functional groups attached to an aromatic ring is 1. The largest absolute Gasteiger partial charge is 0.382 e. The summed E-state index contributed by atoms with van der Waals surface area (Å²) in [4.78, 5) is 24.6. The topological polar surface area (TPSA) is 115 Å². The van der Waals surface area contributed by atoms with E-state index in [2.05, 4.69) is 20.9 Å². The highest BCUT2D eigenvalue weighted by Crippen LogP contribution is 2.17. The van der Waals surface area contributed by atoms with E-state index < -0.39 is 23.4 Å². The summed E-state index contributed by atoms with van der Waals surface area (Å²) >= 11 is 0. The highest BCUT2D eigenvalue weighted by Gasteiger charge is 2.20. The summed E-state index contributed by atoms with van der Waals surface area (Å²) in [5.74, 6) is -3.44. The van der Waals surface area contributed by atoms with Crippen LogP contribution in [-0.2, 0) is 17.8 Å². The lowest BCUT2D eigenvalue weighted by molar-refractivity contribution is -0.116. The first-order valence-corrected chi connectivity index (χ1v) is 8.72. The van der Waals surface area contributed by atoms with Gasteiger partial charge in [-0.1, -0.05) is 30.3 Å². The van der Waals surface area contributed by atoms with Gasteiger partial charge in [-0.25, -0.2) is 13.5 Å². The molecule has 29 heavy (non-hydrogen) atoms. The number of aryl methyl sites for hydroxylation is 1. The molecule has 1 heterocycles. The molecule has 0 atom stereocenters. The first-order valence-electron chi connectivity index (χ1n) is 8.72. The summed E-state index contributed by atoms with van der Waals surface area (Å²) < 4.78 is 27.3. The van der Waals surface area contributed by atoms with Gasteiger partial charge in [0.15, 0.2) is 23.1 Å². The van der Waals surface area contributed by atoms with Gasteiger partial charge in [-0.3, -0.25) is 9.59 Å². The number of anilines is 3. The Balaban J connectivity index is 1.69. The fourth-order valence-electron chi connectivity index (χ4n) is 2.64. The van der Waals surface area contributed by atoms with Crippen molar-refractivity contribution >= 4 is 29.0 Å². The summed E-state index contributed by atoms with van der Waals surface area (Å²) in [5.41, 5.74) is 7.31. The molecular formula is C19H18F2N6O2. The van der Waals surface area contributed by atoms with Gasteiger partial charge in [-0.15, -0.1) is 5.10 Å². The van der Waals surface area contributed by atoms with Gasteiger partial charge in [-0.2, -0.15) is 0 Å². The Bertz CT molecular complexity index is 1070. The van der Waals surface area contributed by atoms with Gasteiger partial charge >= 0.3 is 0 Å². The summed E-state index contributed by atoms with van der Waals surface area (Å²) in [7, 11) is 0. The maximum Gasteiger partial charge on any atom is 0.280 e. The number of benzene rings is 2. The van der Waals surface area contributed by atoms with Gasteiger partial charge in [0.25, 0.3) is 5.91 Å². The molecule has 0 bridgehead atoms. The number of hydrogen-bond acceptors (Lipinski definition) is 5. The second kappa shape index (κ2) is 8.46. The Kier molecular flexibility index (Phi) is 5.82. The maximum atomic E-state index is 13.3. The maximum absolute atomic E-state index is 13.3. The molecule has 10 heteroatoms. The van der Waals surface area contributed by atoms with Gasteiger partial charge in [0.2, 0.25) is 5.91 Å². The van der Waals surface area contributed by atoms with E-state index in [9.17, 15) is 18.4 Å². The van der Waals surface area contributed by atoms with Gasteiger partial charge in [-0.05, 0) is 30.2 Å². The van der Waals surface area contributed by atoms with Crippen molar-refractivity contribution < 1.29 is 18.4 Å². The summed E-state index contributed by atoms with van der Waals surface area (Å²) in [6.45, 7) is 1.72. The average Bonchev–Trinajstić information content (AvgIpc) is 3.05. The number of rotatable bonds is 6. The fraction of sp³-hybridized carbons (Fsp3) is 0.158. The number of carbonyl (C=O) groups is 2. The van der Waals surface area contributed by atoms with Crippen LogP contribution in [0.25, 0.3) is 0 Å². The summed E-state index contributed by atoms with van der Waals surface area (Å²) in [6.07, 6.45) is 0.746. The van der Waals surface area contributed by atoms with Crippen LogP contribution in [0.3, 0.4) is 0 Å². The molecular weight excluding hydrogens is 382 g/mol. The molecule has 8 nitrogen and oxygen atoms in total. The van der Waals surface area contributed by atoms with Crippen LogP contribution in [0.4, 0.5) is 26.0 Å². The Morgan fingerprint density at radius 3 is 2.59 bits per heavy atom. The number of nitrogens with one attached hydrogen (secondary N) is 2. The lowest BCUT2D eigenvalue weighted by Crippen LogP contribution is -2.22. The van der Waals surface area contributed by atoms with Crippen molar-refractivity contribution in [3.8, 4) is 0 Å². The summed E-state index contributed by atoms with van der Waals surface area (Å²) in [5, 5.41) is 12.5. The number of nitrogens with zero attached hydrogens (tertiary/aromatic N) is 3. The normalized spacial score (nSPS) is 10.6. The smallest absolute Gasteiger partial charge is 0.280 e. The van der Waals surface area contributed by atoms with Crippen LogP contribution >= 0.6 is 0 Å². The van der Waals surface area contributed by atoms with E-state index in [0.29, 0.717) is 5.69 Å². The molecule has 4 N–H and O–H groups in total. The van der Waals surface area contributed by atoms with Crippen LogP contribution in [-0.4, -0.2) is 26.8 Å². The standard InChI is InChI=1S/C19H18F2N6O2/c1-2-11-5-3-4-6-15(11)24-16(28)10-27-18(22)17(25-26-27)19(29)23-12-7-8-13(20)14(21)9-12/h3-9H,2,10,22H2,1H3,(H,23,29)(H,24,28). The van der Waals surface area contributed by atoms with E-state index in [-0.39, 0.29) is 23.7 Å². The van der Waals surface area contributed by atoms with E-state index >= 15 is 0 Å². The van der Waals surface area contributed by atoms with Crippen LogP contribution < -0.4 is 16.4 Å². The first kappa shape index (κ1) is 19.9. The van der Waals surface area contributed by atoms with E-state index in [4.69, 9.17) is 5.73 Å². The Morgan fingerprint density at radius 1 is 1.10 bits per heavy atom. The number of nitrogens with two attached hydrogens (primary N) is 1. The molecule has 0 radical (unpaired) electrons. The van der Waals surface area contributed by atoms with Gasteiger partial charge < -0.3 is 16.4 Å². The minimum atomic E-state index is -1.11. The molecule has 150 valence electrons. The van der Waals surface area contributed by atoms with Crippen molar-refractivity contribution in [2.45, 2.75) is 19.9 Å². The van der Waals surface area contributed by atoms with E-state index in [0.717, 1.165) is 28.8 Å². The third-order valence-electron chi connectivity index (χ3n) is 4.13. The van der Waals surface area contributed by atoms with E-state index in [1.807, 2.05) is 19.1 Å². The third kappa shape index (κ3) is 4.54. The molecule has 1 aromatic heterocycles. The lowest BCUT2D eigenvalue weighted by atomic mass is 10.1. The molecule has 0 unspecified atom stereocenters. The molecule has 0 aliphatic rings. The predicted octanol–water partition coefficient (Wildman–Crippen LogP) is 2.59. The zero-order valence-corrected chi connectivity index (χ0v) is 15.4. The molecule has 0 saturated carbocycles. The second-order valence-corrected chi connectivity index (χ2v) is 6.12. The number of para-hydroxylation sites is 1. The van der Waals surface area contributed by atoms with Crippen molar-refractivity contribution in [3.63, 3.8) is 0 Å². The highest BCUT2D eigenvalue weighted by molar-refractivity contribution is 6.05. The molecule has 0 aliphatic carbocycles. The van der Waals surface area contributed by atoms with E-state index in [1.54, 1.807) is 12.1 Å². The highest BCUT2D eigenvalue weighted by atomic mass is 19.2. The predicted molar refractivity (Wildman–Crippen MR) is 103 cm³/mol. The van der Waals surface area contributed by atoms with Crippen molar-refractivity contribution in [3.05, 3.63) is 65.4 Å². The lowest BCUT2D eigenvalue weighted by Gasteiger charge is -2.10. The molecule has 0 saturated heterocycles. The number of amides is 2. The quantitative estimate of drug-likeness (QED) is 0.588. The van der Waals surface area contributed by atoms with Crippen LogP contribution in [0.1, 0.15) is 23.0 Å². The Labute approximate surface area is 164 Å². The van der Waals surface area contributed by atoms with Gasteiger partial charge in [0.1, 0.15) is 6.54 Å². The summed E-state index contributed by atoms with van der Waals surface area (Å²) in [6, 6.07) is 10.3. The van der Waals surface area contributed by atoms with Crippen molar-refractivity contribution in [2.24, 2.45) is 0 Å². The average molecular weight is 400 g/mol. The van der Waals surface area contributed by atoms with Crippen LogP contribution in [0, 0.1) is 11.6 Å². The van der Waals surface area contributed by atoms with Crippen molar-refractivity contribution in [1.29, 1.82) is 0 Å². The number of carbonyl (C=O) groups excluding carboxylic acids is 2. The minimum absolute atomic E-state index is 0.0248. The SMILES string of the molecule is CCc1ccccc1NC(=O)Cn1nnc(C(=O)Nc2ccc(F)c(F)c2)c1N. The number of hydrogen-bond donors (Lipinski definition) is 3. The van der Waals surface area contributed by atoms with Gasteiger partial charge in [0.05, 0.1) is 0 Å². The fourth-order valence-corrected chi connectivity index (χ4v) is 2.64.